The Kier molecular flexibility index (Phi) is 6.71. The second kappa shape index (κ2) is 9.13. The molecule has 2 amide bonds. The van der Waals surface area contributed by atoms with E-state index in [-0.39, 0.29) is 10.1 Å². The van der Waals surface area contributed by atoms with Crippen molar-refractivity contribution in [2.45, 2.75) is 30.5 Å². The number of amides is 2. The Balaban J connectivity index is 1.77. The van der Waals surface area contributed by atoms with Crippen LogP contribution >= 0.6 is 11.3 Å². The molecule has 168 valence electrons. The molecule has 0 unspecified atom stereocenters. The molecule has 32 heavy (non-hydrogen) atoms. The van der Waals surface area contributed by atoms with Gasteiger partial charge in [-0.25, -0.2) is 8.42 Å². The molecular weight excluding hydrogens is 446 g/mol. The summed E-state index contributed by atoms with van der Waals surface area (Å²) in [5.41, 5.74) is 1.09. The Morgan fingerprint density at radius 3 is 2.16 bits per heavy atom. The Hall–Kier alpha value is -3.17. The normalized spacial score (nSPS) is 11.6. The van der Waals surface area contributed by atoms with Crippen molar-refractivity contribution in [3.63, 3.8) is 0 Å². The van der Waals surface area contributed by atoms with Gasteiger partial charge in [-0.05, 0) is 68.6 Å². The van der Waals surface area contributed by atoms with E-state index < -0.39 is 21.5 Å². The monoisotopic (exact) mass is 471 g/mol. The number of benzene rings is 2. The Bertz CT molecular complexity index is 1210. The van der Waals surface area contributed by atoms with E-state index in [2.05, 4.69) is 10.6 Å². The van der Waals surface area contributed by atoms with Gasteiger partial charge in [-0.1, -0.05) is 18.2 Å². The summed E-state index contributed by atoms with van der Waals surface area (Å²) in [5.74, 6) is -0.694. The summed E-state index contributed by atoms with van der Waals surface area (Å²) >= 11 is 1.14. The molecule has 9 heteroatoms. The molecule has 1 aromatic heterocycles. The topological polar surface area (TPSA) is 95.6 Å². The van der Waals surface area contributed by atoms with Gasteiger partial charge in [0, 0.05) is 18.2 Å². The predicted molar refractivity (Wildman–Crippen MR) is 128 cm³/mol. The lowest BCUT2D eigenvalue weighted by molar-refractivity contribution is 0.0920. The first kappa shape index (κ1) is 23.5. The molecule has 0 aliphatic rings. The fourth-order valence-electron chi connectivity index (χ4n) is 2.90. The second-order valence-electron chi connectivity index (χ2n) is 8.16. The quantitative estimate of drug-likeness (QED) is 0.559. The number of nitrogens with one attached hydrogen (secondary N) is 2. The molecule has 0 bridgehead atoms. The standard InChI is InChI=1S/C23H25N3O4S2/c1-23(2,3)25-22(28)18-8-5-6-9-19(18)24-21(27)16-11-13-17(14-12-16)26(4)32(29,30)20-10-7-15-31-20/h5-15H,1-4H3,(H,24,27)(H,25,28). The van der Waals surface area contributed by atoms with Gasteiger partial charge in [0.2, 0.25) is 0 Å². The van der Waals surface area contributed by atoms with Gasteiger partial charge in [0.1, 0.15) is 4.21 Å². The number of anilines is 2. The third-order valence-electron chi connectivity index (χ3n) is 4.51. The molecule has 2 aromatic carbocycles. The Morgan fingerprint density at radius 2 is 1.56 bits per heavy atom. The van der Waals surface area contributed by atoms with Crippen LogP contribution in [0.5, 0.6) is 0 Å². The van der Waals surface area contributed by atoms with E-state index in [0.717, 1.165) is 11.3 Å². The summed E-state index contributed by atoms with van der Waals surface area (Å²) in [5, 5.41) is 7.35. The summed E-state index contributed by atoms with van der Waals surface area (Å²) in [4.78, 5) is 25.4. The van der Waals surface area contributed by atoms with Crippen LogP contribution in [-0.2, 0) is 10.0 Å². The van der Waals surface area contributed by atoms with Gasteiger partial charge in [0.05, 0.1) is 16.9 Å². The number of para-hydroxylation sites is 1. The van der Waals surface area contributed by atoms with E-state index in [1.165, 1.54) is 11.4 Å². The second-order valence-corrected chi connectivity index (χ2v) is 11.3. The highest BCUT2D eigenvalue weighted by Crippen LogP contribution is 2.25. The average Bonchev–Trinajstić information content (AvgIpc) is 3.28. The highest BCUT2D eigenvalue weighted by molar-refractivity contribution is 7.94. The Morgan fingerprint density at radius 1 is 0.906 bits per heavy atom. The van der Waals surface area contributed by atoms with E-state index in [4.69, 9.17) is 0 Å². The number of sulfonamides is 1. The summed E-state index contributed by atoms with van der Waals surface area (Å²) < 4.78 is 26.8. The van der Waals surface area contributed by atoms with Crippen molar-refractivity contribution >= 4 is 44.5 Å². The number of nitrogens with zero attached hydrogens (tertiary/aromatic N) is 1. The molecule has 0 fully saturated rings. The minimum atomic E-state index is -3.65. The molecule has 0 spiro atoms. The van der Waals surface area contributed by atoms with Crippen molar-refractivity contribution in [1.29, 1.82) is 0 Å². The molecule has 3 rings (SSSR count). The van der Waals surface area contributed by atoms with E-state index in [1.807, 2.05) is 20.8 Å². The number of carbonyl (C=O) groups excluding carboxylic acids is 2. The first-order valence-electron chi connectivity index (χ1n) is 9.84. The van der Waals surface area contributed by atoms with Gasteiger partial charge < -0.3 is 10.6 Å². The van der Waals surface area contributed by atoms with Crippen LogP contribution in [0.2, 0.25) is 0 Å². The van der Waals surface area contributed by atoms with Crippen molar-refractivity contribution in [1.82, 2.24) is 5.32 Å². The largest absolute Gasteiger partial charge is 0.347 e. The molecule has 1 heterocycles. The molecule has 3 aromatic rings. The van der Waals surface area contributed by atoms with Crippen LogP contribution in [0.1, 0.15) is 41.5 Å². The predicted octanol–water partition coefficient (Wildman–Crippen LogP) is 4.35. The molecule has 0 aliphatic carbocycles. The van der Waals surface area contributed by atoms with E-state index >= 15 is 0 Å². The van der Waals surface area contributed by atoms with Gasteiger partial charge in [-0.15, -0.1) is 11.3 Å². The van der Waals surface area contributed by atoms with Crippen LogP contribution in [0, 0.1) is 0 Å². The zero-order valence-corrected chi connectivity index (χ0v) is 19.9. The maximum atomic E-state index is 12.8. The molecule has 0 saturated heterocycles. The molecule has 7 nitrogen and oxygen atoms in total. The lowest BCUT2D eigenvalue weighted by Crippen LogP contribution is -2.40. The summed E-state index contributed by atoms with van der Waals surface area (Å²) in [7, 11) is -2.19. The number of hydrogen-bond acceptors (Lipinski definition) is 5. The SMILES string of the molecule is CN(c1ccc(C(=O)Nc2ccccc2C(=O)NC(C)(C)C)cc1)S(=O)(=O)c1cccs1. The van der Waals surface area contributed by atoms with Gasteiger partial charge >= 0.3 is 0 Å². The van der Waals surface area contributed by atoms with Gasteiger partial charge in [-0.3, -0.25) is 13.9 Å². The number of carbonyl (C=O) groups is 2. The first-order valence-corrected chi connectivity index (χ1v) is 12.2. The minimum Gasteiger partial charge on any atom is -0.347 e. The van der Waals surface area contributed by atoms with Crippen molar-refractivity contribution in [2.24, 2.45) is 0 Å². The first-order chi connectivity index (χ1) is 15.0. The zero-order chi connectivity index (χ0) is 23.5. The smallest absolute Gasteiger partial charge is 0.273 e. The fraction of sp³-hybridized carbons (Fsp3) is 0.217. The highest BCUT2D eigenvalue weighted by Gasteiger charge is 2.23. The lowest BCUT2D eigenvalue weighted by atomic mass is 10.1. The maximum absolute atomic E-state index is 12.8. The zero-order valence-electron chi connectivity index (χ0n) is 18.2. The van der Waals surface area contributed by atoms with Gasteiger partial charge in [0.15, 0.2) is 0 Å². The summed E-state index contributed by atoms with van der Waals surface area (Å²) in [6, 6.07) is 16.2. The van der Waals surface area contributed by atoms with E-state index in [0.29, 0.717) is 22.5 Å². The fourth-order valence-corrected chi connectivity index (χ4v) is 5.26. The van der Waals surface area contributed by atoms with Crippen LogP contribution < -0.4 is 14.9 Å². The molecule has 2 N–H and O–H groups in total. The van der Waals surface area contributed by atoms with Crippen LogP contribution in [0.4, 0.5) is 11.4 Å². The van der Waals surface area contributed by atoms with Crippen molar-refractivity contribution in [2.75, 3.05) is 16.7 Å². The minimum absolute atomic E-state index is 0.243. The van der Waals surface area contributed by atoms with Crippen LogP contribution in [0.15, 0.2) is 70.3 Å². The van der Waals surface area contributed by atoms with Gasteiger partial charge in [-0.2, -0.15) is 0 Å². The van der Waals surface area contributed by atoms with Gasteiger partial charge in [0.25, 0.3) is 21.8 Å². The van der Waals surface area contributed by atoms with Crippen molar-refractivity contribution < 1.29 is 18.0 Å². The van der Waals surface area contributed by atoms with Crippen LogP contribution in [0.25, 0.3) is 0 Å². The lowest BCUT2D eigenvalue weighted by Gasteiger charge is -2.21. The van der Waals surface area contributed by atoms with Crippen molar-refractivity contribution in [3.8, 4) is 0 Å². The number of thiophene rings is 1. The highest BCUT2D eigenvalue weighted by atomic mass is 32.2. The Labute approximate surface area is 192 Å². The van der Waals surface area contributed by atoms with E-state index in [1.54, 1.807) is 66.0 Å². The summed E-state index contributed by atoms with van der Waals surface area (Å²) in [6.45, 7) is 5.63. The molecule has 0 radical (unpaired) electrons. The third-order valence-corrected chi connectivity index (χ3v) is 7.67. The van der Waals surface area contributed by atoms with E-state index in [9.17, 15) is 18.0 Å². The molecule has 0 aliphatic heterocycles. The third kappa shape index (κ3) is 5.35. The summed E-state index contributed by atoms with van der Waals surface area (Å²) in [6.07, 6.45) is 0. The maximum Gasteiger partial charge on any atom is 0.273 e. The van der Waals surface area contributed by atoms with Crippen molar-refractivity contribution in [3.05, 3.63) is 77.2 Å². The number of hydrogen-bond donors (Lipinski definition) is 2. The number of rotatable bonds is 6. The molecule has 0 atom stereocenters. The average molecular weight is 472 g/mol. The molecule has 0 saturated carbocycles. The van der Waals surface area contributed by atoms with Crippen LogP contribution in [0.3, 0.4) is 0 Å². The molecular formula is C23H25N3O4S2. The van der Waals surface area contributed by atoms with Crippen LogP contribution in [-0.4, -0.2) is 32.8 Å².